The Morgan fingerprint density at radius 2 is 1.88 bits per heavy atom. The second-order valence-corrected chi connectivity index (χ2v) is 5.83. The Bertz CT molecular complexity index is 826. The van der Waals surface area contributed by atoms with Gasteiger partial charge in [-0.1, -0.05) is 42.5 Å². The first-order valence-corrected chi connectivity index (χ1v) is 8.10. The number of hydrogen-bond acceptors (Lipinski definition) is 5. The molecule has 0 saturated carbocycles. The lowest BCUT2D eigenvalue weighted by Gasteiger charge is -2.24. The first-order valence-electron chi connectivity index (χ1n) is 7.69. The monoisotopic (exact) mass is 376 g/mol. The second-order valence-electron chi connectivity index (χ2n) is 5.36. The average molecular weight is 376 g/mol. The Labute approximate surface area is 153 Å². The molecule has 0 atom stereocenters. The maximum atomic E-state index is 12.6. The molecule has 0 spiro atoms. The van der Waals surface area contributed by atoms with Crippen molar-refractivity contribution >= 4 is 29.0 Å². The van der Waals surface area contributed by atoms with Gasteiger partial charge in [0.2, 0.25) is 5.90 Å². The highest BCUT2D eigenvalue weighted by Gasteiger charge is 2.25. The summed E-state index contributed by atoms with van der Waals surface area (Å²) < 4.78 is 34.1. The molecule has 1 aliphatic rings. The van der Waals surface area contributed by atoms with E-state index in [1.807, 2.05) is 30.3 Å². The normalized spacial score (nSPS) is 14.0. The van der Waals surface area contributed by atoms with E-state index in [0.717, 1.165) is 10.6 Å². The molecule has 26 heavy (non-hydrogen) atoms. The van der Waals surface area contributed by atoms with Crippen LogP contribution in [0.15, 0.2) is 59.7 Å². The molecule has 1 heterocycles. The largest absolute Gasteiger partial charge is 0.472 e. The van der Waals surface area contributed by atoms with Gasteiger partial charge in [0.1, 0.15) is 17.3 Å². The number of benzene rings is 2. The van der Waals surface area contributed by atoms with Crippen molar-refractivity contribution in [2.75, 3.05) is 6.61 Å². The summed E-state index contributed by atoms with van der Waals surface area (Å²) >= 11 is 5.15. The fourth-order valence-electron chi connectivity index (χ4n) is 2.32. The predicted molar refractivity (Wildman–Crippen MR) is 95.4 cm³/mol. The number of rotatable bonds is 5. The van der Waals surface area contributed by atoms with E-state index < -0.39 is 12.5 Å². The van der Waals surface area contributed by atoms with E-state index in [4.69, 9.17) is 17.0 Å². The zero-order valence-electron chi connectivity index (χ0n) is 13.5. The highest BCUT2D eigenvalue weighted by Crippen LogP contribution is 2.18. The molecule has 0 aliphatic carbocycles. The molecule has 0 bridgehead atoms. The number of carbonyl (C=O) groups excluding carboxylic acids is 1. The van der Waals surface area contributed by atoms with Gasteiger partial charge in [0.05, 0.1) is 6.42 Å². The van der Waals surface area contributed by atoms with Crippen molar-refractivity contribution in [3.05, 3.63) is 65.7 Å². The molecule has 8 heteroatoms. The van der Waals surface area contributed by atoms with Crippen LogP contribution in [0.3, 0.4) is 0 Å². The van der Waals surface area contributed by atoms with Crippen LogP contribution in [0.2, 0.25) is 0 Å². The molecule has 0 unspecified atom stereocenters. The van der Waals surface area contributed by atoms with Crippen LogP contribution >= 0.6 is 12.2 Å². The van der Waals surface area contributed by atoms with Gasteiger partial charge in [0.25, 0.3) is 5.91 Å². The number of amides is 1. The molecule has 0 radical (unpaired) electrons. The van der Waals surface area contributed by atoms with Gasteiger partial charge in [-0.05, 0) is 29.8 Å². The number of thiocarbonyl (C=S) groups is 1. The van der Waals surface area contributed by atoms with Crippen LogP contribution in [-0.4, -0.2) is 35.0 Å². The fraction of sp³-hybridized carbons (Fsp3) is 0.167. The van der Waals surface area contributed by atoms with E-state index >= 15 is 0 Å². The summed E-state index contributed by atoms with van der Waals surface area (Å²) in [6.07, 6.45) is 0.425. The molecule has 3 rings (SSSR count). The van der Waals surface area contributed by atoms with Gasteiger partial charge in [-0.3, -0.25) is 4.79 Å². The Hall–Kier alpha value is -2.87. The fourth-order valence-corrected chi connectivity index (χ4v) is 2.50. The van der Waals surface area contributed by atoms with Crippen molar-refractivity contribution in [1.29, 1.82) is 0 Å². The van der Waals surface area contributed by atoms with Gasteiger partial charge in [0.15, 0.2) is 0 Å². The van der Waals surface area contributed by atoms with Crippen molar-refractivity contribution in [2.24, 2.45) is 5.10 Å². The van der Waals surface area contributed by atoms with Crippen LogP contribution in [0.25, 0.3) is 0 Å². The Balaban J connectivity index is 1.76. The molecule has 1 aliphatic heterocycles. The summed E-state index contributed by atoms with van der Waals surface area (Å²) in [5.41, 5.74) is 1.23. The maximum Gasteiger partial charge on any atom is 0.387 e. The summed E-state index contributed by atoms with van der Waals surface area (Å²) in [5, 5.41) is 5.29. The molecule has 1 amide bonds. The quantitative estimate of drug-likeness (QED) is 0.748. The minimum atomic E-state index is -2.92. The van der Waals surface area contributed by atoms with Crippen LogP contribution in [0.5, 0.6) is 5.75 Å². The summed E-state index contributed by atoms with van der Waals surface area (Å²) in [4.78, 5) is 12.9. The van der Waals surface area contributed by atoms with Crippen molar-refractivity contribution in [2.45, 2.75) is 13.0 Å². The molecule has 0 fully saturated rings. The van der Waals surface area contributed by atoms with E-state index in [-0.39, 0.29) is 22.9 Å². The minimum Gasteiger partial charge on any atom is -0.472 e. The van der Waals surface area contributed by atoms with E-state index in [0.29, 0.717) is 12.3 Å². The van der Waals surface area contributed by atoms with Crippen LogP contribution < -0.4 is 4.74 Å². The third-order valence-electron chi connectivity index (χ3n) is 3.53. The van der Waals surface area contributed by atoms with Gasteiger partial charge >= 0.3 is 6.61 Å². The lowest BCUT2D eigenvalue weighted by atomic mass is 10.1. The maximum absolute atomic E-state index is 12.6. The molecular formula is C18H14F2N2O3S. The average Bonchev–Trinajstić information content (AvgIpc) is 2.64. The Morgan fingerprint density at radius 1 is 1.19 bits per heavy atom. The summed E-state index contributed by atoms with van der Waals surface area (Å²) in [6, 6.07) is 14.9. The van der Waals surface area contributed by atoms with Gasteiger partial charge in [-0.25, -0.2) is 0 Å². The smallest absolute Gasteiger partial charge is 0.387 e. The van der Waals surface area contributed by atoms with Crippen LogP contribution in [0.1, 0.15) is 15.9 Å². The topological polar surface area (TPSA) is 51.1 Å². The Morgan fingerprint density at radius 3 is 2.54 bits per heavy atom. The summed E-state index contributed by atoms with van der Waals surface area (Å²) in [5.74, 6) is -0.127. The van der Waals surface area contributed by atoms with Crippen molar-refractivity contribution < 1.29 is 23.0 Å². The minimum absolute atomic E-state index is 0.0330. The van der Waals surface area contributed by atoms with Crippen molar-refractivity contribution in [3.63, 3.8) is 0 Å². The molecule has 5 nitrogen and oxygen atoms in total. The third kappa shape index (κ3) is 4.40. The van der Waals surface area contributed by atoms with Gasteiger partial charge in [-0.2, -0.15) is 13.8 Å². The lowest BCUT2D eigenvalue weighted by Crippen LogP contribution is -2.39. The Kier molecular flexibility index (Phi) is 5.52. The molecule has 2 aromatic carbocycles. The molecule has 0 saturated heterocycles. The summed E-state index contributed by atoms with van der Waals surface area (Å²) in [7, 11) is 0. The number of halogens is 2. The number of hydrazone groups is 1. The van der Waals surface area contributed by atoms with Gasteiger partial charge < -0.3 is 9.47 Å². The van der Waals surface area contributed by atoms with Gasteiger partial charge in [0, 0.05) is 5.56 Å². The molecule has 2 aromatic rings. The number of hydrogen-bond donors (Lipinski definition) is 0. The first-order chi connectivity index (χ1) is 12.5. The molecule has 0 N–H and O–H groups in total. The van der Waals surface area contributed by atoms with Crippen LogP contribution in [0.4, 0.5) is 8.78 Å². The zero-order chi connectivity index (χ0) is 18.5. The van der Waals surface area contributed by atoms with Gasteiger partial charge in [-0.15, -0.1) is 5.10 Å². The van der Waals surface area contributed by atoms with Crippen LogP contribution in [0, 0.1) is 0 Å². The summed E-state index contributed by atoms with van der Waals surface area (Å²) in [6.45, 7) is -2.85. The highest BCUT2D eigenvalue weighted by atomic mass is 32.1. The van der Waals surface area contributed by atoms with Crippen molar-refractivity contribution in [3.8, 4) is 5.75 Å². The molecular weight excluding hydrogens is 362 g/mol. The highest BCUT2D eigenvalue weighted by molar-refractivity contribution is 7.80. The second kappa shape index (κ2) is 8.01. The van der Waals surface area contributed by atoms with E-state index in [1.54, 1.807) is 0 Å². The van der Waals surface area contributed by atoms with E-state index in [2.05, 4.69) is 9.84 Å². The lowest BCUT2D eigenvalue weighted by molar-refractivity contribution is -0.0498. The van der Waals surface area contributed by atoms with E-state index in [9.17, 15) is 13.6 Å². The molecule has 134 valence electrons. The number of ether oxygens (including phenoxy) is 2. The number of alkyl halides is 2. The predicted octanol–water partition coefficient (Wildman–Crippen LogP) is 3.64. The number of carbonyl (C=O) groups is 1. The molecule has 0 aromatic heterocycles. The SMILES string of the molecule is O=C(c1ccc(OC(F)F)cc1)N1N=C(Cc2ccccc2)OCC1=S. The zero-order valence-corrected chi connectivity index (χ0v) is 14.3. The standard InChI is InChI=1S/C18H14F2N2O3S/c19-18(20)25-14-8-6-13(7-9-14)17(23)22-16(26)11-24-15(21-22)10-12-4-2-1-3-5-12/h1-9,18H,10-11H2. The first kappa shape index (κ1) is 17.9. The van der Waals surface area contributed by atoms with E-state index in [1.165, 1.54) is 24.3 Å². The number of nitrogens with zero attached hydrogens (tertiary/aromatic N) is 2. The van der Waals surface area contributed by atoms with Crippen molar-refractivity contribution in [1.82, 2.24) is 5.01 Å². The van der Waals surface area contributed by atoms with Crippen LogP contribution in [-0.2, 0) is 11.2 Å². The third-order valence-corrected chi connectivity index (χ3v) is 3.82.